The minimum atomic E-state index is 0. The van der Waals surface area contributed by atoms with E-state index >= 15 is 0 Å². The molecule has 1 fully saturated rings. The van der Waals surface area contributed by atoms with Gasteiger partial charge in [-0.3, -0.25) is 0 Å². The fourth-order valence-corrected chi connectivity index (χ4v) is 0.321. The van der Waals surface area contributed by atoms with Crippen LogP contribution in [-0.2, 0) is 40.8 Å². The fraction of sp³-hybridized carbons (Fsp3) is 0. The normalized spacial score (nSPS) is 12.0. The molecule has 0 unspecified atom stereocenters. The van der Waals surface area contributed by atoms with E-state index in [9.17, 15) is 0 Å². The zero-order valence-electron chi connectivity index (χ0n) is 7.50. The Bertz CT molecular complexity index is 33.7. The Morgan fingerprint density at radius 3 is 0.692 bits per heavy atom. The van der Waals surface area contributed by atoms with Crippen LogP contribution in [0.4, 0.5) is 0 Å². The smallest absolute Gasteiger partial charge is 0 e. The summed E-state index contributed by atoms with van der Waals surface area (Å²) in [6, 6.07) is 0. The minimum absolute atomic E-state index is 0. The van der Waals surface area contributed by atoms with Crippen LogP contribution in [0, 0.1) is 72.6 Å². The first-order valence-corrected chi connectivity index (χ1v) is 3.30. The molecule has 0 aliphatic heterocycles. The third kappa shape index (κ3) is 42.7. The van der Waals surface area contributed by atoms with Crippen LogP contribution in [0.3, 0.4) is 0 Å². The Morgan fingerprint density at radius 1 is 0.538 bits per heavy atom. The van der Waals surface area contributed by atoms with Crippen LogP contribution in [0.15, 0.2) is 0 Å². The van der Waals surface area contributed by atoms with Gasteiger partial charge in [0.05, 0.1) is 0 Å². The predicted molar refractivity (Wildman–Crippen MR) is 51.5 cm³/mol. The van der Waals surface area contributed by atoms with Crippen LogP contribution >= 0.6 is 0 Å². The average Bonchev–Trinajstić information content (AvgIpc) is 2.44. The van der Waals surface area contributed by atoms with Gasteiger partial charge in [0, 0.05) is 40.8 Å². The second-order valence-electron chi connectivity index (χ2n) is 1.54. The summed E-state index contributed by atoms with van der Waals surface area (Å²) in [5.41, 5.74) is 0. The summed E-state index contributed by atoms with van der Waals surface area (Å²) >= 11 is 0. The summed E-state index contributed by atoms with van der Waals surface area (Å²) in [7, 11) is 0. The van der Waals surface area contributed by atoms with Crippen molar-refractivity contribution in [1.29, 1.82) is 0 Å². The fourth-order valence-electron chi connectivity index (χ4n) is 0.321. The van der Waals surface area contributed by atoms with Gasteiger partial charge >= 0.3 is 0 Å². The van der Waals surface area contributed by atoms with Gasteiger partial charge in [0.25, 0.3) is 0 Å². The van der Waals surface area contributed by atoms with Crippen molar-refractivity contribution in [2.24, 2.45) is 0 Å². The van der Waals surface area contributed by atoms with Gasteiger partial charge in [-0.25, -0.2) is 0 Å². The van der Waals surface area contributed by atoms with Gasteiger partial charge in [0.15, 0.2) is 0 Å². The van der Waals surface area contributed by atoms with Crippen LogP contribution in [0.2, 0.25) is 0 Å². The first-order chi connectivity index (χ1) is 5.33. The number of rotatable bonds is 0. The quantitative estimate of drug-likeness (QED) is 0.583. The molecule has 0 spiro atoms. The third-order valence-corrected chi connectivity index (χ3v) is 0.556. The molecule has 0 aromatic rings. The van der Waals surface area contributed by atoms with Gasteiger partial charge in [0.1, 0.15) is 0 Å². The summed E-state index contributed by atoms with van der Waals surface area (Å²) in [5.74, 6) is 0. The van der Waals surface area contributed by atoms with Crippen molar-refractivity contribution in [3.8, 4) is 0 Å². The van der Waals surface area contributed by atoms with Crippen LogP contribution in [0.5, 0.6) is 0 Å². The number of hydrogen-bond acceptors (Lipinski definition) is 0. The van der Waals surface area contributed by atoms with Gasteiger partial charge in [-0.15, -0.1) is 0 Å². The average molecular weight is 360 g/mol. The van der Waals surface area contributed by atoms with E-state index in [4.69, 9.17) is 0 Å². The van der Waals surface area contributed by atoms with Crippen LogP contribution in [0.25, 0.3) is 0 Å². The van der Waals surface area contributed by atoms with E-state index in [1.165, 1.54) is 12.8 Å². The molecule has 0 atom stereocenters. The molecule has 2 heteroatoms. The van der Waals surface area contributed by atoms with Crippen molar-refractivity contribution in [2.45, 2.75) is 0 Å². The van der Waals surface area contributed by atoms with E-state index in [-0.39, 0.29) is 40.8 Å². The molecule has 79 valence electrons. The molecule has 0 nitrogen and oxygen atoms in total. The van der Waals surface area contributed by atoms with Crippen LogP contribution in [0.1, 0.15) is 0 Å². The Hall–Kier alpha value is 1.32. The van der Waals surface area contributed by atoms with Crippen molar-refractivity contribution in [2.75, 3.05) is 0 Å². The Morgan fingerprint density at radius 2 is 0.615 bits per heavy atom. The van der Waals surface area contributed by atoms with Crippen molar-refractivity contribution in [3.63, 3.8) is 0 Å². The standard InChI is InChI=1S/C5H5.2C3H5.2Pd/c1-2-4-5-3-1;2*1-3-2;;/h1-5H;2*3H,1-2H2;;. The Labute approximate surface area is 113 Å². The van der Waals surface area contributed by atoms with E-state index in [0.29, 0.717) is 0 Å². The maximum atomic E-state index is 3.25. The largest absolute Gasteiger partial charge is 0.0499 e. The van der Waals surface area contributed by atoms with Gasteiger partial charge < -0.3 is 0 Å². The third-order valence-electron chi connectivity index (χ3n) is 0.556. The zero-order valence-corrected chi connectivity index (χ0v) is 10.6. The molecular weight excluding hydrogens is 345 g/mol. The van der Waals surface area contributed by atoms with Crippen molar-refractivity contribution in [3.05, 3.63) is 72.6 Å². The summed E-state index contributed by atoms with van der Waals surface area (Å²) in [6.07, 6.45) is 13.0. The topological polar surface area (TPSA) is 0 Å². The van der Waals surface area contributed by atoms with Gasteiger partial charge in [0.2, 0.25) is 0 Å². The van der Waals surface area contributed by atoms with Gasteiger partial charge in [-0.05, 0) is 72.6 Å². The molecule has 11 radical (unpaired) electrons. The van der Waals surface area contributed by atoms with Crippen molar-refractivity contribution < 1.29 is 40.8 Å². The second-order valence-corrected chi connectivity index (χ2v) is 1.54. The monoisotopic (exact) mass is 359 g/mol. The molecule has 1 aliphatic rings. The van der Waals surface area contributed by atoms with E-state index in [0.717, 1.165) is 0 Å². The molecule has 0 saturated heterocycles. The summed E-state index contributed by atoms with van der Waals surface area (Å²) in [5, 5.41) is 0. The Kier molecular flexibility index (Phi) is 53.6. The summed E-state index contributed by atoms with van der Waals surface area (Å²) < 4.78 is 0. The maximum Gasteiger partial charge on any atom is 0 e. The van der Waals surface area contributed by atoms with E-state index < -0.39 is 0 Å². The SMILES string of the molecule is [CH2][CH][CH2].[CH2][CH][CH2].[CH]1[CH][CH][CH][CH]1.[Pd].[Pd]. The van der Waals surface area contributed by atoms with Gasteiger partial charge in [-0.1, -0.05) is 0 Å². The minimum Gasteiger partial charge on any atom is -0.0499 e. The predicted octanol–water partition coefficient (Wildman–Crippen LogP) is 2.73. The molecule has 0 bridgehead atoms. The Balaban J connectivity index is -0.0000000461. The second kappa shape index (κ2) is 29.2. The zero-order chi connectivity index (χ0) is 8.95. The van der Waals surface area contributed by atoms with E-state index in [1.54, 1.807) is 0 Å². The molecule has 0 N–H and O–H groups in total. The molecule has 1 saturated carbocycles. The molecule has 1 rings (SSSR count). The first kappa shape index (κ1) is 23.9. The molecule has 0 heterocycles. The summed E-state index contributed by atoms with van der Waals surface area (Å²) in [6.45, 7) is 13.0. The van der Waals surface area contributed by atoms with Crippen LogP contribution < -0.4 is 0 Å². The first-order valence-electron chi connectivity index (χ1n) is 3.30. The molecule has 0 aromatic carbocycles. The molecule has 0 amide bonds. The number of hydrogen-bond donors (Lipinski definition) is 0. The van der Waals surface area contributed by atoms with E-state index in [1.807, 2.05) is 32.1 Å². The summed E-state index contributed by atoms with van der Waals surface area (Å²) in [4.78, 5) is 0. The van der Waals surface area contributed by atoms with Crippen LogP contribution in [-0.4, -0.2) is 0 Å². The molecule has 0 aromatic heterocycles. The molecular formula is C11H15Pd2. The molecule has 13 heavy (non-hydrogen) atoms. The molecule has 1 aliphatic carbocycles. The van der Waals surface area contributed by atoms with Gasteiger partial charge in [-0.2, -0.15) is 0 Å². The van der Waals surface area contributed by atoms with Crippen molar-refractivity contribution in [1.82, 2.24) is 0 Å². The van der Waals surface area contributed by atoms with E-state index in [2.05, 4.69) is 27.7 Å². The maximum absolute atomic E-state index is 3.25. The van der Waals surface area contributed by atoms with Crippen molar-refractivity contribution >= 4 is 0 Å².